The molecule has 1 N–H and O–H groups in total. The lowest BCUT2D eigenvalue weighted by Crippen LogP contribution is -2.17. The van der Waals surface area contributed by atoms with Crippen LogP contribution in [0, 0.1) is 6.92 Å². The number of ether oxygens (including phenoxy) is 2. The molecule has 0 spiro atoms. The highest BCUT2D eigenvalue weighted by atomic mass is 35.5. The third-order valence-electron chi connectivity index (χ3n) is 7.95. The first-order chi connectivity index (χ1) is 19.4. The van der Waals surface area contributed by atoms with Crippen molar-refractivity contribution in [1.82, 2.24) is 0 Å². The summed E-state index contributed by atoms with van der Waals surface area (Å²) in [6.45, 7) is 2.40. The van der Waals surface area contributed by atoms with Gasteiger partial charge in [-0.1, -0.05) is 73.3 Å². The predicted octanol–water partition coefficient (Wildman–Crippen LogP) is 8.86. The van der Waals surface area contributed by atoms with E-state index in [1.165, 1.54) is 19.3 Å². The topological polar surface area (TPSA) is 72.8 Å². The third kappa shape index (κ3) is 6.16. The Bertz CT molecular complexity index is 1430. The van der Waals surface area contributed by atoms with Gasteiger partial charge in [0.05, 0.1) is 23.3 Å². The molecule has 1 heterocycles. The highest BCUT2D eigenvalue weighted by Gasteiger charge is 2.29. The highest BCUT2D eigenvalue weighted by molar-refractivity contribution is 6.35. The molecule has 0 amide bonds. The fraction of sp³-hybridized carbons (Fsp3) is 0.353. The number of fused-ring (bicyclic) bond motifs is 2. The molecule has 0 bridgehead atoms. The number of para-hydroxylation sites is 1. The van der Waals surface area contributed by atoms with Crippen LogP contribution in [0.25, 0.3) is 11.1 Å². The number of aromatic carboxylic acids is 1. The van der Waals surface area contributed by atoms with E-state index in [1.807, 2.05) is 49.4 Å². The lowest BCUT2D eigenvalue weighted by atomic mass is 9.86. The van der Waals surface area contributed by atoms with Gasteiger partial charge in [0.25, 0.3) is 0 Å². The molecule has 0 unspecified atom stereocenters. The number of carbonyl (C=O) groups is 2. The van der Waals surface area contributed by atoms with E-state index in [0.717, 1.165) is 71.4 Å². The zero-order valence-electron chi connectivity index (χ0n) is 22.9. The summed E-state index contributed by atoms with van der Waals surface area (Å²) in [5.41, 5.74) is 5.36. The second kappa shape index (κ2) is 12.8. The number of carbonyl (C=O) groups excluding carboxylic acids is 1. The predicted molar refractivity (Wildman–Crippen MR) is 158 cm³/mol. The smallest absolute Gasteiger partial charge is 0.336 e. The molecule has 5 nitrogen and oxygen atoms in total. The van der Waals surface area contributed by atoms with Crippen LogP contribution >= 0.6 is 11.6 Å². The van der Waals surface area contributed by atoms with Crippen molar-refractivity contribution in [2.75, 3.05) is 0 Å². The van der Waals surface area contributed by atoms with Crippen molar-refractivity contribution in [2.24, 2.45) is 0 Å². The zero-order chi connectivity index (χ0) is 28.1. The second-order valence-electron chi connectivity index (χ2n) is 10.7. The maximum Gasteiger partial charge on any atom is 0.336 e. The minimum atomic E-state index is -0.979. The van der Waals surface area contributed by atoms with Crippen LogP contribution in [-0.4, -0.2) is 23.0 Å². The van der Waals surface area contributed by atoms with E-state index in [0.29, 0.717) is 23.6 Å². The maximum absolute atomic E-state index is 12.1. The minimum Gasteiger partial charge on any atom is -0.478 e. The molecular formula is C34H35ClO5. The van der Waals surface area contributed by atoms with Gasteiger partial charge in [0.15, 0.2) is 5.78 Å². The fourth-order valence-electron chi connectivity index (χ4n) is 5.75. The molecule has 3 aliphatic rings. The van der Waals surface area contributed by atoms with Crippen LogP contribution in [0.5, 0.6) is 11.5 Å². The first kappa shape index (κ1) is 28.1. The zero-order valence-corrected chi connectivity index (χ0v) is 23.6. The molecule has 1 saturated carbocycles. The Morgan fingerprint density at radius 1 is 1.05 bits per heavy atom. The molecule has 40 heavy (non-hydrogen) atoms. The molecule has 1 fully saturated rings. The Hall–Kier alpha value is -3.41. The van der Waals surface area contributed by atoms with Gasteiger partial charge in [0, 0.05) is 29.5 Å². The third-order valence-corrected chi connectivity index (χ3v) is 8.36. The normalized spacial score (nSPS) is 16.3. The van der Waals surface area contributed by atoms with Crippen molar-refractivity contribution in [3.05, 3.63) is 93.5 Å². The van der Waals surface area contributed by atoms with Gasteiger partial charge in [-0.3, -0.25) is 4.79 Å². The number of benzene rings is 3. The molecule has 1 aliphatic heterocycles. The van der Waals surface area contributed by atoms with E-state index in [-0.39, 0.29) is 17.5 Å². The largest absolute Gasteiger partial charge is 0.478 e. The van der Waals surface area contributed by atoms with Crippen LogP contribution in [0.1, 0.15) is 84.0 Å². The summed E-state index contributed by atoms with van der Waals surface area (Å²) in [7, 11) is 0. The van der Waals surface area contributed by atoms with Crippen molar-refractivity contribution in [2.45, 2.75) is 77.4 Å². The highest BCUT2D eigenvalue weighted by Crippen LogP contribution is 2.49. The average Bonchev–Trinajstić information content (AvgIpc) is 2.98. The molecular weight excluding hydrogens is 524 g/mol. The first-order valence-electron chi connectivity index (χ1n) is 14.2. The van der Waals surface area contributed by atoms with Crippen molar-refractivity contribution in [3.63, 3.8) is 0 Å². The maximum atomic E-state index is 12.1. The van der Waals surface area contributed by atoms with Crippen LogP contribution in [0.2, 0.25) is 5.02 Å². The van der Waals surface area contributed by atoms with Crippen LogP contribution in [0.3, 0.4) is 0 Å². The summed E-state index contributed by atoms with van der Waals surface area (Å²) in [6.07, 6.45) is 13.2. The van der Waals surface area contributed by atoms with E-state index in [2.05, 4.69) is 0 Å². The van der Waals surface area contributed by atoms with Crippen molar-refractivity contribution in [1.29, 1.82) is 0 Å². The molecule has 0 saturated heterocycles. The summed E-state index contributed by atoms with van der Waals surface area (Å²) in [6, 6.07) is 15.0. The molecule has 6 heteroatoms. The van der Waals surface area contributed by atoms with Crippen LogP contribution in [-0.2, 0) is 22.6 Å². The summed E-state index contributed by atoms with van der Waals surface area (Å²) >= 11 is 7.08. The summed E-state index contributed by atoms with van der Waals surface area (Å²) in [5.74, 6) is 0.891. The van der Waals surface area contributed by atoms with Crippen LogP contribution in [0.4, 0.5) is 0 Å². The number of hydrogen-bond acceptors (Lipinski definition) is 4. The van der Waals surface area contributed by atoms with Crippen LogP contribution in [0.15, 0.2) is 60.7 Å². The molecule has 2 aliphatic carbocycles. The Morgan fingerprint density at radius 3 is 2.50 bits per heavy atom. The number of carboxylic acid groups (broad SMARTS) is 1. The monoisotopic (exact) mass is 558 g/mol. The molecule has 208 valence electrons. The van der Waals surface area contributed by atoms with Gasteiger partial charge in [-0.2, -0.15) is 0 Å². The Morgan fingerprint density at radius 2 is 1.80 bits per heavy atom. The van der Waals surface area contributed by atoms with Crippen LogP contribution < -0.4 is 4.74 Å². The van der Waals surface area contributed by atoms with Gasteiger partial charge in [0.1, 0.15) is 11.5 Å². The van der Waals surface area contributed by atoms with Gasteiger partial charge in [-0.15, -0.1) is 0 Å². The summed E-state index contributed by atoms with van der Waals surface area (Å²) < 4.78 is 12.7. The van der Waals surface area contributed by atoms with Gasteiger partial charge >= 0.3 is 5.97 Å². The fourth-order valence-corrected chi connectivity index (χ4v) is 6.16. The Labute approximate surface area is 240 Å². The van der Waals surface area contributed by atoms with Gasteiger partial charge in [-0.05, 0) is 67.5 Å². The molecule has 0 atom stereocenters. The van der Waals surface area contributed by atoms with E-state index < -0.39 is 5.97 Å². The van der Waals surface area contributed by atoms with Gasteiger partial charge in [-0.25, -0.2) is 4.79 Å². The Kier molecular flexibility index (Phi) is 9.03. The number of carboxylic acids is 1. The SMILES string of the molecule is Cc1c(COC2CCCCC2)c(Cl)c(-c2ccccc2C(=O)O)c2c1Oc1ccccc1C2.O=C1C=CCCC1. The van der Waals surface area contributed by atoms with E-state index in [4.69, 9.17) is 21.1 Å². The van der Waals surface area contributed by atoms with Gasteiger partial charge < -0.3 is 14.6 Å². The first-order valence-corrected chi connectivity index (χ1v) is 14.5. The number of allylic oxidation sites excluding steroid dienone is 2. The van der Waals surface area contributed by atoms with E-state index in [9.17, 15) is 14.7 Å². The summed E-state index contributed by atoms with van der Waals surface area (Å²) in [5, 5.41) is 10.4. The molecule has 6 rings (SSSR count). The number of halogens is 1. The number of ketones is 1. The lowest BCUT2D eigenvalue weighted by molar-refractivity contribution is -0.114. The Balaban J connectivity index is 0.000000403. The van der Waals surface area contributed by atoms with Crippen molar-refractivity contribution >= 4 is 23.4 Å². The molecule has 3 aromatic carbocycles. The van der Waals surface area contributed by atoms with Crippen molar-refractivity contribution in [3.8, 4) is 22.6 Å². The van der Waals surface area contributed by atoms with Gasteiger partial charge in [0.2, 0.25) is 0 Å². The average molecular weight is 559 g/mol. The lowest BCUT2D eigenvalue weighted by Gasteiger charge is -2.29. The molecule has 0 aromatic heterocycles. The quantitative estimate of drug-likeness (QED) is 0.265. The van der Waals surface area contributed by atoms with E-state index >= 15 is 0 Å². The molecule has 0 radical (unpaired) electrons. The summed E-state index contributed by atoms with van der Waals surface area (Å²) in [4.78, 5) is 22.4. The molecule has 3 aromatic rings. The minimum absolute atomic E-state index is 0.225. The van der Waals surface area contributed by atoms with E-state index in [1.54, 1.807) is 18.2 Å². The standard InChI is InChI=1S/C28H27ClO4.C6H8O/c1-17-23(16-32-19-10-3-2-4-11-19)26(29)25(20-12-6-7-13-21(20)28(30)31)22-15-18-9-5-8-14-24(18)33-27(17)22;7-6-4-2-1-3-5-6/h5-9,12-14,19H,2-4,10-11,15-16H2,1H3,(H,30,31);2,4H,1,3,5H2. The number of hydrogen-bond donors (Lipinski definition) is 1. The second-order valence-corrected chi connectivity index (χ2v) is 11.0. The van der Waals surface area contributed by atoms with Crippen molar-refractivity contribution < 1.29 is 24.2 Å². The number of rotatable bonds is 5.